The number of benzene rings is 1. The number of likely N-dealkylation sites (N-methyl/N-ethyl adjacent to an activating group) is 1. The van der Waals surface area contributed by atoms with Crippen molar-refractivity contribution in [3.63, 3.8) is 0 Å². The molecule has 1 N–H and O–H groups in total. The van der Waals surface area contributed by atoms with Crippen molar-refractivity contribution in [2.24, 2.45) is 0 Å². The van der Waals surface area contributed by atoms with Gasteiger partial charge in [0.2, 0.25) is 0 Å². The van der Waals surface area contributed by atoms with E-state index < -0.39 is 5.97 Å². The van der Waals surface area contributed by atoms with Gasteiger partial charge in [0.15, 0.2) is 0 Å². The van der Waals surface area contributed by atoms with E-state index in [1.165, 1.54) is 0 Å². The highest BCUT2D eigenvalue weighted by Crippen LogP contribution is 2.20. The maximum Gasteiger partial charge on any atom is 0.317 e. The fourth-order valence-corrected chi connectivity index (χ4v) is 3.38. The zero-order valence-electron chi connectivity index (χ0n) is 16.2. The van der Waals surface area contributed by atoms with E-state index in [-0.39, 0.29) is 18.5 Å². The molecule has 0 radical (unpaired) electrons. The van der Waals surface area contributed by atoms with E-state index in [1.807, 2.05) is 28.9 Å². The molecule has 0 aliphatic carbocycles. The Morgan fingerprint density at radius 2 is 1.85 bits per heavy atom. The van der Waals surface area contributed by atoms with Crippen LogP contribution in [0, 0.1) is 0 Å². The van der Waals surface area contributed by atoms with E-state index in [0.717, 1.165) is 25.0 Å². The Bertz CT molecular complexity index is 597. The summed E-state index contributed by atoms with van der Waals surface area (Å²) in [5.41, 5.74) is 0.649. The number of carbonyl (C=O) groups is 2. The molecule has 0 spiro atoms. The van der Waals surface area contributed by atoms with E-state index in [1.54, 1.807) is 19.2 Å². The predicted octanol–water partition coefficient (Wildman–Crippen LogP) is 2.11. The summed E-state index contributed by atoms with van der Waals surface area (Å²) in [5, 5.41) is 9.02. The Morgan fingerprint density at radius 1 is 1.19 bits per heavy atom. The minimum atomic E-state index is -0.806. The predicted molar refractivity (Wildman–Crippen MR) is 102 cm³/mol. The SMILES string of the molecule is CCN(CC(=O)O)C1CCN(C(=O)c2ccc(OCCCOC)cc2)CC1. The summed E-state index contributed by atoms with van der Waals surface area (Å²) < 4.78 is 10.6. The summed E-state index contributed by atoms with van der Waals surface area (Å²) >= 11 is 0. The van der Waals surface area contributed by atoms with Crippen LogP contribution in [0.25, 0.3) is 0 Å². The monoisotopic (exact) mass is 378 g/mol. The maximum atomic E-state index is 12.7. The van der Waals surface area contributed by atoms with E-state index in [2.05, 4.69) is 0 Å². The highest BCUT2D eigenvalue weighted by molar-refractivity contribution is 5.94. The summed E-state index contributed by atoms with van der Waals surface area (Å²) in [7, 11) is 1.66. The minimum Gasteiger partial charge on any atom is -0.494 e. The van der Waals surface area contributed by atoms with Crippen LogP contribution in [0.5, 0.6) is 5.75 Å². The summed E-state index contributed by atoms with van der Waals surface area (Å²) in [6, 6.07) is 7.45. The van der Waals surface area contributed by atoms with Crippen molar-refractivity contribution in [1.82, 2.24) is 9.80 Å². The number of ether oxygens (including phenoxy) is 2. The molecule has 1 saturated heterocycles. The number of piperidine rings is 1. The van der Waals surface area contributed by atoms with Crippen molar-refractivity contribution in [2.75, 3.05) is 46.5 Å². The second kappa shape index (κ2) is 10.9. The Balaban J connectivity index is 1.83. The van der Waals surface area contributed by atoms with E-state index in [4.69, 9.17) is 14.6 Å². The van der Waals surface area contributed by atoms with Gasteiger partial charge in [0.1, 0.15) is 5.75 Å². The summed E-state index contributed by atoms with van der Waals surface area (Å²) in [6.07, 6.45) is 2.42. The first kappa shape index (κ1) is 21.2. The van der Waals surface area contributed by atoms with Crippen LogP contribution in [-0.2, 0) is 9.53 Å². The minimum absolute atomic E-state index is 0.0145. The lowest BCUT2D eigenvalue weighted by Crippen LogP contribution is -2.48. The van der Waals surface area contributed by atoms with Crippen LogP contribution < -0.4 is 4.74 Å². The fraction of sp³-hybridized carbons (Fsp3) is 0.600. The highest BCUT2D eigenvalue weighted by atomic mass is 16.5. The summed E-state index contributed by atoms with van der Waals surface area (Å²) in [6.45, 7) is 5.27. The van der Waals surface area contributed by atoms with Gasteiger partial charge in [-0.2, -0.15) is 0 Å². The molecule has 0 atom stereocenters. The van der Waals surface area contributed by atoms with Crippen LogP contribution in [0.1, 0.15) is 36.5 Å². The number of carboxylic acids is 1. The van der Waals surface area contributed by atoms with E-state index in [0.29, 0.717) is 38.4 Å². The summed E-state index contributed by atoms with van der Waals surface area (Å²) in [5.74, 6) is -0.0471. The normalized spacial score (nSPS) is 15.1. The molecular formula is C20H30N2O5. The first-order valence-corrected chi connectivity index (χ1v) is 9.52. The molecule has 27 heavy (non-hydrogen) atoms. The zero-order valence-corrected chi connectivity index (χ0v) is 16.2. The van der Waals surface area contributed by atoms with Gasteiger partial charge in [-0.1, -0.05) is 6.92 Å². The molecule has 7 nitrogen and oxygen atoms in total. The number of carboxylic acid groups (broad SMARTS) is 1. The highest BCUT2D eigenvalue weighted by Gasteiger charge is 2.27. The Labute approximate surface area is 160 Å². The Morgan fingerprint density at radius 3 is 2.41 bits per heavy atom. The van der Waals surface area contributed by atoms with Gasteiger partial charge in [0.25, 0.3) is 5.91 Å². The quantitative estimate of drug-likeness (QED) is 0.628. The third kappa shape index (κ3) is 6.52. The Kier molecular flexibility index (Phi) is 8.54. The maximum absolute atomic E-state index is 12.7. The zero-order chi connectivity index (χ0) is 19.6. The number of amides is 1. The van der Waals surface area contributed by atoms with Crippen molar-refractivity contribution < 1.29 is 24.2 Å². The second-order valence-corrected chi connectivity index (χ2v) is 6.70. The van der Waals surface area contributed by atoms with Gasteiger partial charge in [-0.05, 0) is 43.7 Å². The van der Waals surface area contributed by atoms with Crippen molar-refractivity contribution in [3.8, 4) is 5.75 Å². The van der Waals surface area contributed by atoms with Crippen LogP contribution in [0.4, 0.5) is 0 Å². The molecule has 150 valence electrons. The molecule has 7 heteroatoms. The molecule has 1 fully saturated rings. The van der Waals surface area contributed by atoms with Gasteiger partial charge >= 0.3 is 5.97 Å². The molecule has 1 amide bonds. The van der Waals surface area contributed by atoms with Crippen molar-refractivity contribution in [1.29, 1.82) is 0 Å². The number of nitrogens with zero attached hydrogens (tertiary/aromatic N) is 2. The van der Waals surface area contributed by atoms with Crippen LogP contribution in [0.15, 0.2) is 24.3 Å². The molecule has 1 aromatic carbocycles. The second-order valence-electron chi connectivity index (χ2n) is 6.70. The van der Waals surface area contributed by atoms with E-state index in [9.17, 15) is 9.59 Å². The standard InChI is InChI=1S/C20H30N2O5/c1-3-21(15-19(23)24)17-9-11-22(12-10-17)20(25)16-5-7-18(8-6-16)27-14-4-13-26-2/h5-8,17H,3-4,9-15H2,1-2H3,(H,23,24). The van der Waals surface area contributed by atoms with Crippen LogP contribution in [0.2, 0.25) is 0 Å². The van der Waals surface area contributed by atoms with Crippen molar-refractivity contribution in [2.45, 2.75) is 32.2 Å². The smallest absolute Gasteiger partial charge is 0.317 e. The van der Waals surface area contributed by atoms with Crippen LogP contribution >= 0.6 is 0 Å². The number of rotatable bonds is 10. The molecule has 1 aliphatic heterocycles. The number of hydrogen-bond acceptors (Lipinski definition) is 5. The van der Waals surface area contributed by atoms with Crippen LogP contribution in [0.3, 0.4) is 0 Å². The number of likely N-dealkylation sites (tertiary alicyclic amines) is 1. The molecule has 0 saturated carbocycles. The first-order valence-electron chi connectivity index (χ1n) is 9.52. The average Bonchev–Trinajstić information content (AvgIpc) is 2.69. The molecule has 1 heterocycles. The van der Waals surface area contributed by atoms with Gasteiger partial charge in [0, 0.05) is 44.8 Å². The summed E-state index contributed by atoms with van der Waals surface area (Å²) in [4.78, 5) is 27.5. The number of carbonyl (C=O) groups excluding carboxylic acids is 1. The van der Waals surface area contributed by atoms with Crippen LogP contribution in [-0.4, -0.2) is 79.3 Å². The van der Waals surface area contributed by atoms with Gasteiger partial charge in [-0.15, -0.1) is 0 Å². The van der Waals surface area contributed by atoms with Gasteiger partial charge in [0.05, 0.1) is 13.2 Å². The largest absolute Gasteiger partial charge is 0.494 e. The molecule has 2 rings (SSSR count). The Hall–Kier alpha value is -2.12. The average molecular weight is 378 g/mol. The van der Waals surface area contributed by atoms with Gasteiger partial charge in [-0.3, -0.25) is 14.5 Å². The lowest BCUT2D eigenvalue weighted by Gasteiger charge is -2.37. The van der Waals surface area contributed by atoms with Gasteiger partial charge in [-0.25, -0.2) is 0 Å². The lowest BCUT2D eigenvalue weighted by atomic mass is 10.0. The third-order valence-electron chi connectivity index (χ3n) is 4.88. The molecule has 1 aromatic rings. The number of aliphatic carboxylic acids is 1. The van der Waals surface area contributed by atoms with Gasteiger partial charge < -0.3 is 19.5 Å². The first-order chi connectivity index (χ1) is 13.0. The third-order valence-corrected chi connectivity index (χ3v) is 4.88. The molecule has 0 aromatic heterocycles. The fourth-order valence-electron chi connectivity index (χ4n) is 3.38. The lowest BCUT2D eigenvalue weighted by molar-refractivity contribution is -0.139. The molecule has 0 bridgehead atoms. The number of methoxy groups -OCH3 is 1. The van der Waals surface area contributed by atoms with Crippen molar-refractivity contribution in [3.05, 3.63) is 29.8 Å². The molecule has 1 aliphatic rings. The van der Waals surface area contributed by atoms with E-state index >= 15 is 0 Å². The van der Waals surface area contributed by atoms with Crippen molar-refractivity contribution >= 4 is 11.9 Å². The molecule has 0 unspecified atom stereocenters. The molecular weight excluding hydrogens is 348 g/mol. The topological polar surface area (TPSA) is 79.3 Å². The number of hydrogen-bond donors (Lipinski definition) is 1.